The van der Waals surface area contributed by atoms with Crippen molar-refractivity contribution in [2.75, 3.05) is 52.9 Å². The Kier molecular flexibility index (Phi) is 8.01. The number of nitrogens with one attached hydrogen (secondary N) is 2. The second-order valence-corrected chi connectivity index (χ2v) is 7.09. The molecule has 2 aliphatic heterocycles. The highest BCUT2D eigenvalue weighted by atomic mass is 15.2. The predicted octanol–water partition coefficient (Wildman–Crippen LogP) is 1.52. The van der Waals surface area contributed by atoms with Gasteiger partial charge in [-0.1, -0.05) is 12.8 Å². The molecule has 0 aromatic carbocycles. The molecule has 2 fully saturated rings. The number of hydrogen-bond acceptors (Lipinski definition) is 4. The van der Waals surface area contributed by atoms with Crippen molar-refractivity contribution < 1.29 is 0 Å². The largest absolute Gasteiger partial charge is 0.314 e. The first-order chi connectivity index (χ1) is 10.2. The summed E-state index contributed by atoms with van der Waals surface area (Å²) >= 11 is 0. The molecule has 0 aromatic rings. The zero-order valence-corrected chi connectivity index (χ0v) is 14.2. The fraction of sp³-hybridized carbons (Fsp3) is 1.00. The van der Waals surface area contributed by atoms with E-state index in [-0.39, 0.29) is 0 Å². The first-order valence-electron chi connectivity index (χ1n) is 9.11. The van der Waals surface area contributed by atoms with Crippen molar-refractivity contribution in [1.82, 2.24) is 20.4 Å². The normalized spacial score (nSPS) is 27.4. The number of hydrogen-bond donors (Lipinski definition) is 2. The van der Waals surface area contributed by atoms with Crippen molar-refractivity contribution >= 4 is 0 Å². The molecule has 0 aliphatic carbocycles. The van der Waals surface area contributed by atoms with Crippen molar-refractivity contribution in [2.24, 2.45) is 0 Å². The molecule has 4 nitrogen and oxygen atoms in total. The molecule has 2 heterocycles. The van der Waals surface area contributed by atoms with Crippen LogP contribution in [0.1, 0.15) is 45.4 Å². The topological polar surface area (TPSA) is 30.5 Å². The highest BCUT2D eigenvalue weighted by molar-refractivity contribution is 4.76. The first kappa shape index (κ1) is 17.2. The number of likely N-dealkylation sites (N-methyl/N-ethyl adjacent to an activating group) is 1. The third kappa shape index (κ3) is 7.09. The lowest BCUT2D eigenvalue weighted by Gasteiger charge is -2.32. The summed E-state index contributed by atoms with van der Waals surface area (Å²) in [6, 6.07) is 1.39. The smallest absolute Gasteiger partial charge is 0.0110 e. The van der Waals surface area contributed by atoms with E-state index in [1.165, 1.54) is 84.3 Å². The van der Waals surface area contributed by atoms with Gasteiger partial charge in [0.1, 0.15) is 0 Å². The average Bonchev–Trinajstić information content (AvgIpc) is 2.74. The van der Waals surface area contributed by atoms with Crippen molar-refractivity contribution in [3.8, 4) is 0 Å². The molecule has 124 valence electrons. The third-order valence-corrected chi connectivity index (χ3v) is 5.04. The molecule has 0 radical (unpaired) electrons. The fourth-order valence-electron chi connectivity index (χ4n) is 3.53. The van der Waals surface area contributed by atoms with E-state index in [1.807, 2.05) is 0 Å². The summed E-state index contributed by atoms with van der Waals surface area (Å²) in [5.41, 5.74) is 0. The molecule has 2 rings (SSSR count). The van der Waals surface area contributed by atoms with Gasteiger partial charge in [0.2, 0.25) is 0 Å². The summed E-state index contributed by atoms with van der Waals surface area (Å²) in [5, 5.41) is 7.43. The van der Waals surface area contributed by atoms with E-state index in [2.05, 4.69) is 34.4 Å². The highest BCUT2D eigenvalue weighted by Gasteiger charge is 2.15. The molecule has 4 heteroatoms. The molecule has 0 bridgehead atoms. The lowest BCUT2D eigenvalue weighted by molar-refractivity contribution is 0.152. The average molecular weight is 297 g/mol. The number of rotatable bonds is 7. The summed E-state index contributed by atoms with van der Waals surface area (Å²) in [5.74, 6) is 0. The second kappa shape index (κ2) is 9.78. The fourth-order valence-corrected chi connectivity index (χ4v) is 3.53. The minimum Gasteiger partial charge on any atom is -0.314 e. The van der Waals surface area contributed by atoms with Gasteiger partial charge in [0.15, 0.2) is 0 Å². The van der Waals surface area contributed by atoms with E-state index in [0.29, 0.717) is 6.04 Å². The van der Waals surface area contributed by atoms with Gasteiger partial charge in [0.05, 0.1) is 0 Å². The molecule has 2 unspecified atom stereocenters. The van der Waals surface area contributed by atoms with Crippen LogP contribution >= 0.6 is 0 Å². The first-order valence-corrected chi connectivity index (χ1v) is 9.11. The maximum atomic E-state index is 3.72. The van der Waals surface area contributed by atoms with Gasteiger partial charge < -0.3 is 20.4 Å². The van der Waals surface area contributed by atoms with E-state index in [0.717, 1.165) is 6.04 Å². The molecule has 0 amide bonds. The van der Waals surface area contributed by atoms with Gasteiger partial charge in [-0.15, -0.1) is 0 Å². The van der Waals surface area contributed by atoms with Crippen LogP contribution in [0.4, 0.5) is 0 Å². The Balaban J connectivity index is 1.49. The minimum absolute atomic E-state index is 0.646. The van der Waals surface area contributed by atoms with Crippen LogP contribution in [-0.2, 0) is 0 Å². The molecule has 2 N–H and O–H groups in total. The molecular formula is C17H36N4. The zero-order chi connectivity index (χ0) is 14.9. The van der Waals surface area contributed by atoms with Gasteiger partial charge in [0, 0.05) is 38.3 Å². The lowest BCUT2D eigenvalue weighted by atomic mass is 10.0. The minimum atomic E-state index is 0.646. The molecule has 2 saturated heterocycles. The number of nitrogens with zero attached hydrogens (tertiary/aromatic N) is 2. The Morgan fingerprint density at radius 1 is 1.14 bits per heavy atom. The Morgan fingerprint density at radius 3 is 2.76 bits per heavy atom. The monoisotopic (exact) mass is 296 g/mol. The molecule has 21 heavy (non-hydrogen) atoms. The van der Waals surface area contributed by atoms with Crippen LogP contribution in [0.5, 0.6) is 0 Å². The maximum Gasteiger partial charge on any atom is 0.0110 e. The Bertz CT molecular complexity index is 256. The third-order valence-electron chi connectivity index (χ3n) is 5.04. The molecule has 0 aromatic heterocycles. The summed E-state index contributed by atoms with van der Waals surface area (Å²) < 4.78 is 0. The molecule has 2 aliphatic rings. The second-order valence-electron chi connectivity index (χ2n) is 7.09. The van der Waals surface area contributed by atoms with Crippen LogP contribution in [0.3, 0.4) is 0 Å². The Labute approximate surface area is 131 Å². The summed E-state index contributed by atoms with van der Waals surface area (Å²) in [6.07, 6.45) is 8.13. The SMILES string of the molecule is CC(CC1CCCCCN1)NCCCN1CCN(C)CC1. The summed E-state index contributed by atoms with van der Waals surface area (Å²) in [7, 11) is 2.22. The van der Waals surface area contributed by atoms with E-state index < -0.39 is 0 Å². The van der Waals surface area contributed by atoms with E-state index >= 15 is 0 Å². The van der Waals surface area contributed by atoms with Crippen molar-refractivity contribution in [2.45, 2.75) is 57.5 Å². The van der Waals surface area contributed by atoms with Crippen LogP contribution in [0.15, 0.2) is 0 Å². The maximum absolute atomic E-state index is 3.72. The van der Waals surface area contributed by atoms with Gasteiger partial charge >= 0.3 is 0 Å². The standard InChI is InChI=1S/C17H36N4/c1-16(15-17-7-4-3-5-8-19-17)18-9-6-10-21-13-11-20(2)12-14-21/h16-19H,3-15H2,1-2H3. The van der Waals surface area contributed by atoms with Gasteiger partial charge in [0.25, 0.3) is 0 Å². The van der Waals surface area contributed by atoms with Crippen molar-refractivity contribution in [1.29, 1.82) is 0 Å². The van der Waals surface area contributed by atoms with Crippen molar-refractivity contribution in [3.05, 3.63) is 0 Å². The summed E-state index contributed by atoms with van der Waals surface area (Å²) in [6.45, 7) is 11.0. The van der Waals surface area contributed by atoms with Crippen LogP contribution in [0.2, 0.25) is 0 Å². The molecule has 2 atom stereocenters. The molecule has 0 spiro atoms. The van der Waals surface area contributed by atoms with Gasteiger partial charge in [-0.05, 0) is 59.3 Å². The van der Waals surface area contributed by atoms with Crippen LogP contribution < -0.4 is 10.6 Å². The van der Waals surface area contributed by atoms with Gasteiger partial charge in [-0.2, -0.15) is 0 Å². The van der Waals surface area contributed by atoms with Crippen LogP contribution in [0.25, 0.3) is 0 Å². The van der Waals surface area contributed by atoms with Gasteiger partial charge in [-0.25, -0.2) is 0 Å². The predicted molar refractivity (Wildman–Crippen MR) is 90.9 cm³/mol. The van der Waals surface area contributed by atoms with Crippen molar-refractivity contribution in [3.63, 3.8) is 0 Å². The Morgan fingerprint density at radius 2 is 1.95 bits per heavy atom. The summed E-state index contributed by atoms with van der Waals surface area (Å²) in [4.78, 5) is 5.04. The molecule has 0 saturated carbocycles. The van der Waals surface area contributed by atoms with E-state index in [9.17, 15) is 0 Å². The van der Waals surface area contributed by atoms with Crippen LogP contribution in [-0.4, -0.2) is 74.7 Å². The van der Waals surface area contributed by atoms with Gasteiger partial charge in [-0.3, -0.25) is 0 Å². The Hall–Kier alpha value is -0.160. The highest BCUT2D eigenvalue weighted by Crippen LogP contribution is 2.12. The van der Waals surface area contributed by atoms with E-state index in [1.54, 1.807) is 0 Å². The lowest BCUT2D eigenvalue weighted by Crippen LogP contribution is -2.45. The van der Waals surface area contributed by atoms with E-state index in [4.69, 9.17) is 0 Å². The quantitative estimate of drug-likeness (QED) is 0.698. The molecular weight excluding hydrogens is 260 g/mol. The zero-order valence-electron chi connectivity index (χ0n) is 14.2. The number of piperazine rings is 1. The van der Waals surface area contributed by atoms with Crippen LogP contribution in [0, 0.1) is 0 Å².